The summed E-state index contributed by atoms with van der Waals surface area (Å²) in [6, 6.07) is 8.22. The molecular formula is C15H12F5N2O2SSe. The summed E-state index contributed by atoms with van der Waals surface area (Å²) < 4.78 is 68.2. The third-order valence-corrected chi connectivity index (χ3v) is 4.65. The third kappa shape index (κ3) is 5.45. The molecular weight excluding hydrogens is 446 g/mol. The first-order valence-electron chi connectivity index (χ1n) is 6.84. The zero-order chi connectivity index (χ0) is 19.7. The molecule has 0 aliphatic rings. The number of hydrogen-bond donors (Lipinski definition) is 1. The van der Waals surface area contributed by atoms with Crippen LogP contribution in [0, 0.1) is 0 Å². The second-order valence-corrected chi connectivity index (χ2v) is 8.28. The van der Waals surface area contributed by atoms with E-state index >= 15 is 0 Å². The fourth-order valence-electron chi connectivity index (χ4n) is 1.83. The Kier molecular flexibility index (Phi) is 4.86. The Labute approximate surface area is 154 Å². The van der Waals surface area contributed by atoms with E-state index in [-0.39, 0.29) is 22.6 Å². The number of benzene rings is 2. The van der Waals surface area contributed by atoms with Gasteiger partial charge in [-0.1, -0.05) is 0 Å². The van der Waals surface area contributed by atoms with Crippen LogP contribution in [0.4, 0.5) is 25.1 Å². The van der Waals surface area contributed by atoms with Gasteiger partial charge in [-0.2, -0.15) is 0 Å². The van der Waals surface area contributed by atoms with Crippen LogP contribution in [0.5, 0.6) is 5.75 Å². The Hall–Kier alpha value is -2.10. The standard InChI is InChI=1S/C15H12F5N2O2SSe/c1-24-12-6-2-10(3-7-12)14(23)22-15(26)21-11-4-8-13(9-5-11)25(16,17,18,19)20/h2-9H,1H3,(H,21,22,23). The molecule has 0 unspecified atom stereocenters. The molecule has 11 heteroatoms. The first-order valence-corrected chi connectivity index (χ1v) is 9.64. The summed E-state index contributed by atoms with van der Waals surface area (Å²) in [5.74, 6) is 0.0383. The number of aliphatic imine (C=N–C) groups is 1. The molecule has 2 aromatic carbocycles. The Bertz CT molecular complexity index is 853. The first kappa shape index (κ1) is 20.2. The van der Waals surface area contributed by atoms with Gasteiger partial charge in [0.05, 0.1) is 0 Å². The zero-order valence-corrected chi connectivity index (χ0v) is 15.6. The summed E-state index contributed by atoms with van der Waals surface area (Å²) in [5, 5.41) is 2.39. The van der Waals surface area contributed by atoms with E-state index in [1.54, 1.807) is 12.1 Å². The van der Waals surface area contributed by atoms with Crippen LogP contribution in [-0.2, 0) is 0 Å². The number of amides is 1. The zero-order valence-electron chi connectivity index (χ0n) is 13.1. The minimum atomic E-state index is -9.72. The number of ether oxygens (including phenoxy) is 1. The number of amidine groups is 1. The fourth-order valence-corrected chi connectivity index (χ4v) is 2.90. The molecule has 2 rings (SSSR count). The van der Waals surface area contributed by atoms with Gasteiger partial charge in [0.2, 0.25) is 0 Å². The van der Waals surface area contributed by atoms with Crippen molar-refractivity contribution in [1.29, 1.82) is 0 Å². The molecule has 0 saturated carbocycles. The quantitative estimate of drug-likeness (QED) is 0.306. The van der Waals surface area contributed by atoms with E-state index in [0.717, 1.165) is 12.1 Å². The molecule has 0 aliphatic heterocycles. The Morgan fingerprint density at radius 1 is 1.00 bits per heavy atom. The molecule has 0 bridgehead atoms. The molecule has 1 amide bonds. The fraction of sp³-hybridized carbons (Fsp3) is 0.0667. The summed E-state index contributed by atoms with van der Waals surface area (Å²) in [4.78, 5) is 13.8. The van der Waals surface area contributed by atoms with Crippen LogP contribution in [0.2, 0.25) is 0 Å². The van der Waals surface area contributed by atoms with E-state index in [1.165, 1.54) is 19.2 Å². The minimum absolute atomic E-state index is 0.0362. The number of hydrogen-bond acceptors (Lipinski definition) is 3. The Balaban J connectivity index is 2.13. The molecule has 0 aromatic heterocycles. The van der Waals surface area contributed by atoms with Crippen molar-refractivity contribution in [2.75, 3.05) is 7.11 Å². The van der Waals surface area contributed by atoms with Gasteiger partial charge < -0.3 is 0 Å². The van der Waals surface area contributed by atoms with Crippen molar-refractivity contribution in [1.82, 2.24) is 5.32 Å². The first-order chi connectivity index (χ1) is 11.8. The van der Waals surface area contributed by atoms with Gasteiger partial charge in [0, 0.05) is 0 Å². The van der Waals surface area contributed by atoms with Crippen LogP contribution in [0.3, 0.4) is 0 Å². The van der Waals surface area contributed by atoms with Crippen LogP contribution in [0.15, 0.2) is 58.4 Å². The predicted molar refractivity (Wildman–Crippen MR) is 91.1 cm³/mol. The molecule has 141 valence electrons. The third-order valence-electron chi connectivity index (χ3n) is 3.09. The van der Waals surface area contributed by atoms with Crippen LogP contribution in [-0.4, -0.2) is 33.8 Å². The Morgan fingerprint density at radius 2 is 1.54 bits per heavy atom. The van der Waals surface area contributed by atoms with Gasteiger partial charge in [0.1, 0.15) is 0 Å². The second-order valence-electron chi connectivity index (χ2n) is 5.06. The van der Waals surface area contributed by atoms with Gasteiger partial charge in [0.25, 0.3) is 0 Å². The average molecular weight is 458 g/mol. The van der Waals surface area contributed by atoms with Gasteiger partial charge in [-0.3, -0.25) is 0 Å². The normalized spacial score (nSPS) is 14.9. The number of rotatable bonds is 4. The number of carbonyl (C=O) groups excluding carboxylic acids is 1. The van der Waals surface area contributed by atoms with Crippen LogP contribution >= 0.6 is 10.2 Å². The average Bonchev–Trinajstić information content (AvgIpc) is 2.53. The van der Waals surface area contributed by atoms with Crippen LogP contribution < -0.4 is 10.1 Å². The molecule has 26 heavy (non-hydrogen) atoms. The number of nitrogens with zero attached hydrogens (tertiary/aromatic N) is 1. The molecule has 0 atom stereocenters. The van der Waals surface area contributed by atoms with Crippen molar-refractivity contribution in [2.24, 2.45) is 4.99 Å². The van der Waals surface area contributed by atoms with Gasteiger partial charge in [-0.15, -0.1) is 0 Å². The van der Waals surface area contributed by atoms with E-state index in [4.69, 9.17) is 4.74 Å². The number of carbonyl (C=O) groups is 1. The summed E-state index contributed by atoms with van der Waals surface area (Å²) in [6.07, 6.45) is 0. The van der Waals surface area contributed by atoms with Gasteiger partial charge in [0.15, 0.2) is 0 Å². The van der Waals surface area contributed by atoms with E-state index < -0.39 is 21.0 Å². The van der Waals surface area contributed by atoms with Gasteiger partial charge >= 0.3 is 154 Å². The molecule has 4 nitrogen and oxygen atoms in total. The van der Waals surface area contributed by atoms with Gasteiger partial charge in [-0.25, -0.2) is 0 Å². The van der Waals surface area contributed by atoms with Crippen LogP contribution in [0.1, 0.15) is 10.4 Å². The summed E-state index contributed by atoms with van der Waals surface area (Å²) in [6.45, 7) is 0. The Morgan fingerprint density at radius 3 is 2.00 bits per heavy atom. The molecule has 0 aliphatic carbocycles. The number of nitrogens with one attached hydrogen (secondary N) is 1. The van der Waals surface area contributed by atoms with E-state index in [9.17, 15) is 24.2 Å². The molecule has 1 N–H and O–H groups in total. The SMILES string of the molecule is COc1ccc(C(=O)NC([Se])=Nc2ccc(S(F)(F)(F)(F)F)cc2)cc1. The molecule has 0 saturated heterocycles. The number of methoxy groups -OCH3 is 1. The van der Waals surface area contributed by atoms with Gasteiger partial charge in [-0.05, 0) is 0 Å². The van der Waals surface area contributed by atoms with E-state index in [2.05, 4.69) is 26.3 Å². The second kappa shape index (κ2) is 6.26. The van der Waals surface area contributed by atoms with Crippen molar-refractivity contribution < 1.29 is 29.0 Å². The summed E-state index contributed by atoms with van der Waals surface area (Å²) in [5.41, 5.74) is 0.254. The molecule has 1 radical (unpaired) electrons. The monoisotopic (exact) mass is 459 g/mol. The van der Waals surface area contributed by atoms with Crippen molar-refractivity contribution in [3.8, 4) is 5.75 Å². The molecule has 0 spiro atoms. The number of halogens is 5. The maximum absolute atomic E-state index is 12.6. The molecule has 0 fully saturated rings. The predicted octanol–water partition coefficient (Wildman–Crippen LogP) is 4.94. The topological polar surface area (TPSA) is 50.7 Å². The van der Waals surface area contributed by atoms with E-state index in [1.807, 2.05) is 0 Å². The van der Waals surface area contributed by atoms with E-state index in [0.29, 0.717) is 11.3 Å². The van der Waals surface area contributed by atoms with Crippen LogP contribution in [0.25, 0.3) is 0 Å². The molecule has 2 aromatic rings. The maximum atomic E-state index is 12.6. The summed E-state index contributed by atoms with van der Waals surface area (Å²) in [7, 11) is -8.24. The van der Waals surface area contributed by atoms with Crippen molar-refractivity contribution in [3.63, 3.8) is 0 Å². The molecule has 0 heterocycles. The summed E-state index contributed by atoms with van der Waals surface area (Å²) >= 11 is 2.44. The van der Waals surface area contributed by atoms with Crippen molar-refractivity contribution in [2.45, 2.75) is 4.90 Å². The van der Waals surface area contributed by atoms with Crippen molar-refractivity contribution >= 4 is 42.6 Å². The van der Waals surface area contributed by atoms with Crippen molar-refractivity contribution in [3.05, 3.63) is 54.1 Å².